The summed E-state index contributed by atoms with van der Waals surface area (Å²) in [6, 6.07) is 0. The van der Waals surface area contributed by atoms with Crippen LogP contribution in [0.4, 0.5) is 0 Å². The van der Waals surface area contributed by atoms with Crippen LogP contribution in [-0.4, -0.2) is 23.4 Å². The Morgan fingerprint density at radius 2 is 1.57 bits per heavy atom. The lowest BCUT2D eigenvalue weighted by atomic mass is 9.71. The van der Waals surface area contributed by atoms with Gasteiger partial charge in [0.25, 0.3) is 0 Å². The molecule has 5 nitrogen and oxygen atoms in total. The summed E-state index contributed by atoms with van der Waals surface area (Å²) in [5.74, 6) is -2.06. The van der Waals surface area contributed by atoms with Gasteiger partial charge in [-0.25, -0.2) is 0 Å². The maximum Gasteiger partial charge on any atom is 0.248 e. The van der Waals surface area contributed by atoms with Gasteiger partial charge < -0.3 is 0 Å². The second-order valence-corrected chi connectivity index (χ2v) is 3.66. The van der Waals surface area contributed by atoms with E-state index >= 15 is 0 Å². The molecular formula is C9H9NO4. The van der Waals surface area contributed by atoms with Gasteiger partial charge in [0.05, 0.1) is 6.42 Å². The minimum absolute atomic E-state index is 0.215. The van der Waals surface area contributed by atoms with Gasteiger partial charge in [0.2, 0.25) is 11.8 Å². The summed E-state index contributed by atoms with van der Waals surface area (Å²) < 4.78 is 0. The molecule has 2 amide bonds. The van der Waals surface area contributed by atoms with E-state index in [1.165, 1.54) is 0 Å². The summed E-state index contributed by atoms with van der Waals surface area (Å²) in [6.07, 6.45) is 0.628. The number of carbonyl (C=O) groups is 4. The van der Waals surface area contributed by atoms with Crippen molar-refractivity contribution in [1.29, 1.82) is 0 Å². The van der Waals surface area contributed by atoms with Crippen molar-refractivity contribution >= 4 is 23.4 Å². The molecule has 1 aliphatic heterocycles. The molecule has 5 heteroatoms. The molecule has 2 fully saturated rings. The number of imide groups is 1. The first kappa shape index (κ1) is 9.05. The van der Waals surface area contributed by atoms with Crippen molar-refractivity contribution in [3.05, 3.63) is 0 Å². The zero-order valence-corrected chi connectivity index (χ0v) is 7.46. The second kappa shape index (κ2) is 2.73. The summed E-state index contributed by atoms with van der Waals surface area (Å²) >= 11 is 0. The third-order valence-electron chi connectivity index (χ3n) is 2.83. The Labute approximate surface area is 79.8 Å². The number of rotatable bonds is 0. The summed E-state index contributed by atoms with van der Waals surface area (Å²) in [6.45, 7) is 0. The Morgan fingerprint density at radius 1 is 1.00 bits per heavy atom. The number of amides is 2. The summed E-state index contributed by atoms with van der Waals surface area (Å²) in [5.41, 5.74) is -1.66. The highest BCUT2D eigenvalue weighted by atomic mass is 16.2. The van der Waals surface area contributed by atoms with Crippen molar-refractivity contribution in [2.24, 2.45) is 5.41 Å². The lowest BCUT2D eigenvalue weighted by molar-refractivity contribution is -0.150. The van der Waals surface area contributed by atoms with Crippen molar-refractivity contribution < 1.29 is 19.2 Å². The molecule has 1 saturated heterocycles. The quantitative estimate of drug-likeness (QED) is 0.411. The monoisotopic (exact) mass is 195 g/mol. The standard InChI is InChI=1S/C9H9NO4/c11-5-2-1-3-6(12)9(5)4-7(13)10-8(9)14/h1-4H2,(H,10,13,14). The van der Waals surface area contributed by atoms with Crippen molar-refractivity contribution in [3.63, 3.8) is 0 Å². The molecule has 1 spiro atoms. The van der Waals surface area contributed by atoms with Crippen molar-refractivity contribution in [2.75, 3.05) is 0 Å². The molecule has 14 heavy (non-hydrogen) atoms. The molecule has 1 heterocycles. The van der Waals surface area contributed by atoms with E-state index in [9.17, 15) is 19.2 Å². The maximum atomic E-state index is 11.6. The van der Waals surface area contributed by atoms with Crippen molar-refractivity contribution in [2.45, 2.75) is 25.7 Å². The number of carbonyl (C=O) groups excluding carboxylic acids is 4. The Bertz CT molecular complexity index is 342. The van der Waals surface area contributed by atoms with E-state index in [1.807, 2.05) is 5.32 Å². The highest BCUT2D eigenvalue weighted by Crippen LogP contribution is 2.36. The first-order chi connectivity index (χ1) is 6.57. The summed E-state index contributed by atoms with van der Waals surface area (Å²) in [7, 11) is 0. The zero-order valence-electron chi connectivity index (χ0n) is 7.46. The molecule has 2 rings (SSSR count). The fraction of sp³-hybridized carbons (Fsp3) is 0.556. The molecule has 1 N–H and O–H groups in total. The van der Waals surface area contributed by atoms with Crippen LogP contribution in [0.25, 0.3) is 0 Å². The molecule has 0 radical (unpaired) electrons. The van der Waals surface area contributed by atoms with Crippen LogP contribution in [0.5, 0.6) is 0 Å². The molecule has 2 aliphatic rings. The van der Waals surface area contributed by atoms with Gasteiger partial charge in [-0.1, -0.05) is 0 Å². The number of nitrogens with one attached hydrogen (secondary N) is 1. The Hall–Kier alpha value is -1.52. The zero-order chi connectivity index (χ0) is 10.3. The van der Waals surface area contributed by atoms with Crippen LogP contribution < -0.4 is 5.32 Å². The highest BCUT2D eigenvalue weighted by Gasteiger charge is 2.58. The lowest BCUT2D eigenvalue weighted by Crippen LogP contribution is -2.47. The minimum Gasteiger partial charge on any atom is -0.298 e. The molecule has 1 saturated carbocycles. The topological polar surface area (TPSA) is 80.3 Å². The fourth-order valence-electron chi connectivity index (χ4n) is 2.04. The van der Waals surface area contributed by atoms with Gasteiger partial charge in [-0.05, 0) is 6.42 Å². The summed E-state index contributed by atoms with van der Waals surface area (Å²) in [5, 5.41) is 2.02. The van der Waals surface area contributed by atoms with Gasteiger partial charge in [-0.2, -0.15) is 0 Å². The van der Waals surface area contributed by atoms with Gasteiger partial charge in [-0.15, -0.1) is 0 Å². The minimum atomic E-state index is -1.66. The third kappa shape index (κ3) is 0.950. The second-order valence-electron chi connectivity index (χ2n) is 3.66. The predicted molar refractivity (Wildman–Crippen MR) is 44.1 cm³/mol. The Morgan fingerprint density at radius 3 is 2.00 bits per heavy atom. The van der Waals surface area contributed by atoms with Crippen LogP contribution in [-0.2, 0) is 19.2 Å². The third-order valence-corrected chi connectivity index (χ3v) is 2.83. The number of hydrogen-bond acceptors (Lipinski definition) is 4. The van der Waals surface area contributed by atoms with E-state index in [2.05, 4.69) is 0 Å². The average Bonchev–Trinajstić information content (AvgIpc) is 2.39. The molecule has 1 aliphatic carbocycles. The van der Waals surface area contributed by atoms with Crippen molar-refractivity contribution in [3.8, 4) is 0 Å². The largest absolute Gasteiger partial charge is 0.298 e. The molecule has 0 aromatic heterocycles. The Balaban J connectivity index is 2.45. The van der Waals surface area contributed by atoms with Crippen LogP contribution in [0, 0.1) is 5.41 Å². The van der Waals surface area contributed by atoms with Gasteiger partial charge >= 0.3 is 0 Å². The molecule has 0 bridgehead atoms. The molecule has 0 atom stereocenters. The van der Waals surface area contributed by atoms with Gasteiger partial charge in [0.1, 0.15) is 0 Å². The van der Waals surface area contributed by atoms with Crippen molar-refractivity contribution in [1.82, 2.24) is 5.32 Å². The number of Topliss-reactive ketones (excluding diaryl/α,β-unsaturated/α-hetero) is 2. The first-order valence-electron chi connectivity index (χ1n) is 4.48. The predicted octanol–water partition coefficient (Wildman–Crippen LogP) is -0.659. The van der Waals surface area contributed by atoms with E-state index in [1.54, 1.807) is 0 Å². The van der Waals surface area contributed by atoms with Crippen LogP contribution in [0.15, 0.2) is 0 Å². The van der Waals surface area contributed by atoms with Gasteiger partial charge in [-0.3, -0.25) is 24.5 Å². The SMILES string of the molecule is O=C1CC2(C(=O)CCCC2=O)C(=O)N1. The molecular weight excluding hydrogens is 186 g/mol. The number of hydrogen-bond donors (Lipinski definition) is 1. The van der Waals surface area contributed by atoms with E-state index < -0.39 is 28.8 Å². The van der Waals surface area contributed by atoms with Gasteiger partial charge in [0, 0.05) is 12.8 Å². The molecule has 0 aromatic carbocycles. The van der Waals surface area contributed by atoms with E-state index in [0.717, 1.165) is 0 Å². The fourth-order valence-corrected chi connectivity index (χ4v) is 2.04. The lowest BCUT2D eigenvalue weighted by Gasteiger charge is -2.25. The van der Waals surface area contributed by atoms with E-state index in [0.29, 0.717) is 6.42 Å². The van der Waals surface area contributed by atoms with E-state index in [-0.39, 0.29) is 19.3 Å². The van der Waals surface area contributed by atoms with Crippen LogP contribution >= 0.6 is 0 Å². The van der Waals surface area contributed by atoms with Crippen LogP contribution in [0.1, 0.15) is 25.7 Å². The normalized spacial score (nSPS) is 25.7. The molecule has 0 aromatic rings. The van der Waals surface area contributed by atoms with Crippen LogP contribution in [0.3, 0.4) is 0 Å². The molecule has 74 valence electrons. The Kier molecular flexibility index (Phi) is 1.77. The van der Waals surface area contributed by atoms with Crippen LogP contribution in [0.2, 0.25) is 0 Å². The maximum absolute atomic E-state index is 11.6. The van der Waals surface area contributed by atoms with E-state index in [4.69, 9.17) is 0 Å². The molecule has 0 unspecified atom stereocenters. The smallest absolute Gasteiger partial charge is 0.248 e. The summed E-state index contributed by atoms with van der Waals surface area (Å²) in [4.78, 5) is 45.5. The highest BCUT2D eigenvalue weighted by molar-refractivity contribution is 6.31. The average molecular weight is 195 g/mol. The number of ketones is 2. The first-order valence-corrected chi connectivity index (χ1v) is 4.48. The van der Waals surface area contributed by atoms with Gasteiger partial charge in [0.15, 0.2) is 17.0 Å².